The van der Waals surface area contributed by atoms with E-state index in [9.17, 15) is 4.79 Å². The van der Waals surface area contributed by atoms with Crippen LogP contribution in [0.5, 0.6) is 0 Å². The molecule has 0 saturated heterocycles. The summed E-state index contributed by atoms with van der Waals surface area (Å²) >= 11 is 1.50. The largest absolute Gasteiger partial charge is 0.288 e. The predicted octanol–water partition coefficient (Wildman–Crippen LogP) is 3.29. The van der Waals surface area contributed by atoms with Crippen molar-refractivity contribution >= 4 is 17.1 Å². The van der Waals surface area contributed by atoms with Gasteiger partial charge in [0, 0.05) is 5.56 Å². The maximum Gasteiger partial charge on any atom is 0.202 e. The Bertz CT molecular complexity index is 442. The highest BCUT2D eigenvalue weighted by atomic mass is 32.1. The molecule has 0 unspecified atom stereocenters. The molecular formula is C12H10OS. The van der Waals surface area contributed by atoms with Crippen molar-refractivity contribution in [3.63, 3.8) is 0 Å². The van der Waals surface area contributed by atoms with Gasteiger partial charge in [0.05, 0.1) is 4.88 Å². The highest BCUT2D eigenvalue weighted by Gasteiger charge is 2.09. The molecule has 1 nitrogen and oxygen atoms in total. The average molecular weight is 202 g/mol. The molecule has 0 amide bonds. The lowest BCUT2D eigenvalue weighted by Gasteiger charge is -1.95. The fourth-order valence-corrected chi connectivity index (χ4v) is 2.14. The Balaban J connectivity index is 2.34. The summed E-state index contributed by atoms with van der Waals surface area (Å²) in [5.41, 5.74) is 1.91. The van der Waals surface area contributed by atoms with Gasteiger partial charge in [0.2, 0.25) is 5.78 Å². The molecule has 0 N–H and O–H groups in total. The molecule has 0 saturated carbocycles. The van der Waals surface area contributed by atoms with Crippen molar-refractivity contribution in [1.82, 2.24) is 0 Å². The summed E-state index contributed by atoms with van der Waals surface area (Å²) in [7, 11) is 0. The number of ketones is 1. The molecule has 0 aliphatic heterocycles. The van der Waals surface area contributed by atoms with Crippen LogP contribution in [0.4, 0.5) is 0 Å². The SMILES string of the molecule is Cc1csc(C(=O)c2ccccc2)c1. The topological polar surface area (TPSA) is 17.1 Å². The number of carbonyl (C=O) groups is 1. The lowest BCUT2D eigenvalue weighted by Crippen LogP contribution is -1.97. The Labute approximate surface area is 87.0 Å². The first-order valence-electron chi connectivity index (χ1n) is 4.42. The molecule has 70 valence electrons. The third-order valence-electron chi connectivity index (χ3n) is 1.99. The predicted molar refractivity (Wildman–Crippen MR) is 58.9 cm³/mol. The molecule has 0 atom stereocenters. The Hall–Kier alpha value is -1.41. The van der Waals surface area contributed by atoms with Gasteiger partial charge in [0.25, 0.3) is 0 Å². The smallest absolute Gasteiger partial charge is 0.202 e. The number of hydrogen-bond acceptors (Lipinski definition) is 2. The Morgan fingerprint density at radius 1 is 1.21 bits per heavy atom. The van der Waals surface area contributed by atoms with Crippen LogP contribution in [-0.2, 0) is 0 Å². The Kier molecular flexibility index (Phi) is 2.46. The van der Waals surface area contributed by atoms with Crippen molar-refractivity contribution in [1.29, 1.82) is 0 Å². The molecule has 0 radical (unpaired) electrons. The molecule has 0 aliphatic rings. The van der Waals surface area contributed by atoms with Crippen molar-refractivity contribution < 1.29 is 4.79 Å². The number of carbonyl (C=O) groups excluding carboxylic acids is 1. The second kappa shape index (κ2) is 3.76. The molecule has 1 aromatic carbocycles. The molecule has 0 aliphatic carbocycles. The van der Waals surface area contributed by atoms with E-state index in [4.69, 9.17) is 0 Å². The fraction of sp³-hybridized carbons (Fsp3) is 0.0833. The number of thiophene rings is 1. The van der Waals surface area contributed by atoms with E-state index in [1.807, 2.05) is 48.7 Å². The normalized spacial score (nSPS) is 10.1. The molecule has 2 heteroatoms. The monoisotopic (exact) mass is 202 g/mol. The summed E-state index contributed by atoms with van der Waals surface area (Å²) in [5.74, 6) is 0.115. The maximum absolute atomic E-state index is 11.9. The lowest BCUT2D eigenvalue weighted by molar-refractivity contribution is 0.104. The van der Waals surface area contributed by atoms with Crippen molar-refractivity contribution in [2.75, 3.05) is 0 Å². The first-order valence-corrected chi connectivity index (χ1v) is 5.30. The molecule has 14 heavy (non-hydrogen) atoms. The zero-order valence-electron chi connectivity index (χ0n) is 7.86. The van der Waals surface area contributed by atoms with Gasteiger partial charge in [-0.2, -0.15) is 0 Å². The highest BCUT2D eigenvalue weighted by Crippen LogP contribution is 2.17. The van der Waals surface area contributed by atoms with Gasteiger partial charge in [-0.25, -0.2) is 0 Å². The third kappa shape index (κ3) is 1.75. The van der Waals surface area contributed by atoms with Crippen LogP contribution in [0.15, 0.2) is 41.8 Å². The zero-order valence-corrected chi connectivity index (χ0v) is 8.67. The van der Waals surface area contributed by atoms with Gasteiger partial charge in [0.1, 0.15) is 0 Å². The van der Waals surface area contributed by atoms with Crippen LogP contribution in [0.1, 0.15) is 20.8 Å². The van der Waals surface area contributed by atoms with E-state index in [1.165, 1.54) is 11.3 Å². The third-order valence-corrected chi connectivity index (χ3v) is 3.04. The van der Waals surface area contributed by atoms with Gasteiger partial charge in [-0.05, 0) is 23.9 Å². The molecule has 0 fully saturated rings. The van der Waals surface area contributed by atoms with Crippen LogP contribution < -0.4 is 0 Å². The van der Waals surface area contributed by atoms with Gasteiger partial charge in [-0.3, -0.25) is 4.79 Å². The van der Waals surface area contributed by atoms with E-state index in [0.717, 1.165) is 16.0 Å². The van der Waals surface area contributed by atoms with Gasteiger partial charge in [0.15, 0.2) is 0 Å². The van der Waals surface area contributed by atoms with E-state index in [0.29, 0.717) is 0 Å². The summed E-state index contributed by atoms with van der Waals surface area (Å²) in [4.78, 5) is 12.7. The van der Waals surface area contributed by atoms with Crippen LogP contribution in [0.3, 0.4) is 0 Å². The minimum absolute atomic E-state index is 0.115. The fourth-order valence-electron chi connectivity index (χ4n) is 1.28. The van der Waals surface area contributed by atoms with E-state index < -0.39 is 0 Å². The minimum Gasteiger partial charge on any atom is -0.288 e. The summed E-state index contributed by atoms with van der Waals surface area (Å²) in [5, 5.41) is 2.00. The average Bonchev–Trinajstić information content (AvgIpc) is 2.65. The molecular weight excluding hydrogens is 192 g/mol. The standard InChI is InChI=1S/C12H10OS/c1-9-7-11(14-8-9)12(13)10-5-3-2-4-6-10/h2-8H,1H3. The van der Waals surface area contributed by atoms with Gasteiger partial charge < -0.3 is 0 Å². The summed E-state index contributed by atoms with van der Waals surface area (Å²) < 4.78 is 0. The first kappa shape index (κ1) is 9.16. The number of aryl methyl sites for hydroxylation is 1. The summed E-state index contributed by atoms with van der Waals surface area (Å²) in [6.45, 7) is 2.00. The van der Waals surface area contributed by atoms with E-state index in [-0.39, 0.29) is 5.78 Å². The van der Waals surface area contributed by atoms with Gasteiger partial charge >= 0.3 is 0 Å². The molecule has 2 aromatic rings. The van der Waals surface area contributed by atoms with Gasteiger partial charge in [-0.1, -0.05) is 30.3 Å². The Morgan fingerprint density at radius 2 is 1.93 bits per heavy atom. The van der Waals surface area contributed by atoms with Crippen molar-refractivity contribution in [2.24, 2.45) is 0 Å². The van der Waals surface area contributed by atoms with Crippen LogP contribution >= 0.6 is 11.3 Å². The molecule has 0 bridgehead atoms. The van der Waals surface area contributed by atoms with Crippen molar-refractivity contribution in [3.8, 4) is 0 Å². The molecule has 2 rings (SSSR count). The van der Waals surface area contributed by atoms with E-state index in [2.05, 4.69) is 0 Å². The lowest BCUT2D eigenvalue weighted by atomic mass is 10.1. The minimum atomic E-state index is 0.115. The molecule has 1 aromatic heterocycles. The summed E-state index contributed by atoms with van der Waals surface area (Å²) in [6, 6.07) is 11.3. The molecule has 0 spiro atoms. The number of benzene rings is 1. The van der Waals surface area contributed by atoms with Crippen LogP contribution in [0.2, 0.25) is 0 Å². The quantitative estimate of drug-likeness (QED) is 0.683. The van der Waals surface area contributed by atoms with E-state index in [1.54, 1.807) is 0 Å². The second-order valence-corrected chi connectivity index (χ2v) is 4.09. The summed E-state index contributed by atoms with van der Waals surface area (Å²) in [6.07, 6.45) is 0. The van der Waals surface area contributed by atoms with Crippen molar-refractivity contribution in [3.05, 3.63) is 57.8 Å². The van der Waals surface area contributed by atoms with Crippen LogP contribution in [0, 0.1) is 6.92 Å². The highest BCUT2D eigenvalue weighted by molar-refractivity contribution is 7.12. The number of hydrogen-bond donors (Lipinski definition) is 0. The zero-order chi connectivity index (χ0) is 9.97. The van der Waals surface area contributed by atoms with Crippen LogP contribution in [-0.4, -0.2) is 5.78 Å². The Morgan fingerprint density at radius 3 is 2.50 bits per heavy atom. The second-order valence-electron chi connectivity index (χ2n) is 3.18. The van der Waals surface area contributed by atoms with Crippen molar-refractivity contribution in [2.45, 2.75) is 6.92 Å². The van der Waals surface area contributed by atoms with Crippen LogP contribution in [0.25, 0.3) is 0 Å². The van der Waals surface area contributed by atoms with Gasteiger partial charge in [-0.15, -0.1) is 11.3 Å². The number of rotatable bonds is 2. The first-order chi connectivity index (χ1) is 6.77. The van der Waals surface area contributed by atoms with E-state index >= 15 is 0 Å². The molecule has 1 heterocycles. The maximum atomic E-state index is 11.9.